The quantitative estimate of drug-likeness (QED) is 0.583. The van der Waals surface area contributed by atoms with Gasteiger partial charge in [0.25, 0.3) is 0 Å². The molecule has 110 valence electrons. The third-order valence-corrected chi connectivity index (χ3v) is 2.83. The van der Waals surface area contributed by atoms with Gasteiger partial charge in [0.1, 0.15) is 0 Å². The Hall–Kier alpha value is -1.88. The Morgan fingerprint density at radius 3 is 2.35 bits per heavy atom. The highest BCUT2D eigenvalue weighted by Crippen LogP contribution is 2.05. The fourth-order valence-electron chi connectivity index (χ4n) is 1.59. The minimum absolute atomic E-state index is 0.0147. The largest absolute Gasteiger partial charge is 0.465 e. The van der Waals surface area contributed by atoms with Crippen LogP contribution in [0.25, 0.3) is 0 Å². The number of carbonyl (C=O) groups is 2. The van der Waals surface area contributed by atoms with Crippen LogP contribution in [0.15, 0.2) is 24.3 Å². The number of ether oxygens (including phenoxy) is 1. The van der Waals surface area contributed by atoms with Crippen LogP contribution in [0, 0.1) is 5.92 Å². The van der Waals surface area contributed by atoms with Gasteiger partial charge in [-0.25, -0.2) is 4.79 Å². The number of methoxy groups -OCH3 is 1. The Morgan fingerprint density at radius 1 is 1.15 bits per heavy atom. The van der Waals surface area contributed by atoms with Gasteiger partial charge in [0, 0.05) is 25.6 Å². The number of rotatable bonds is 7. The molecule has 2 N–H and O–H groups in total. The van der Waals surface area contributed by atoms with Gasteiger partial charge in [-0.15, -0.1) is 0 Å². The second-order valence-corrected chi connectivity index (χ2v) is 4.81. The SMILES string of the molecule is COC(=O)c1ccc(CNCCNC(=O)C(C)C)cc1. The lowest BCUT2D eigenvalue weighted by atomic mass is 10.1. The van der Waals surface area contributed by atoms with Crippen molar-refractivity contribution >= 4 is 11.9 Å². The molecule has 1 aromatic rings. The molecule has 1 amide bonds. The van der Waals surface area contributed by atoms with E-state index in [1.54, 1.807) is 12.1 Å². The van der Waals surface area contributed by atoms with Crippen molar-refractivity contribution in [2.45, 2.75) is 20.4 Å². The van der Waals surface area contributed by atoms with Gasteiger partial charge in [0.05, 0.1) is 12.7 Å². The summed E-state index contributed by atoms with van der Waals surface area (Å²) in [6.07, 6.45) is 0. The standard InChI is InChI=1S/C15H22N2O3/c1-11(2)14(18)17-9-8-16-10-12-4-6-13(7-5-12)15(19)20-3/h4-7,11,16H,8-10H2,1-3H3,(H,17,18). The molecule has 0 heterocycles. The summed E-state index contributed by atoms with van der Waals surface area (Å²) in [5.41, 5.74) is 1.62. The molecule has 1 aromatic carbocycles. The number of benzene rings is 1. The average molecular weight is 278 g/mol. The van der Waals surface area contributed by atoms with Gasteiger partial charge in [-0.2, -0.15) is 0 Å². The summed E-state index contributed by atoms with van der Waals surface area (Å²) >= 11 is 0. The van der Waals surface area contributed by atoms with Crippen LogP contribution in [0.1, 0.15) is 29.8 Å². The second-order valence-electron chi connectivity index (χ2n) is 4.81. The molecule has 0 spiro atoms. The van der Waals surface area contributed by atoms with Gasteiger partial charge >= 0.3 is 5.97 Å². The topological polar surface area (TPSA) is 67.4 Å². The maximum Gasteiger partial charge on any atom is 0.337 e. The van der Waals surface area contributed by atoms with E-state index < -0.39 is 0 Å². The lowest BCUT2D eigenvalue weighted by Gasteiger charge is -2.09. The molecule has 0 saturated carbocycles. The molecule has 0 saturated heterocycles. The molecule has 0 aliphatic rings. The molecular formula is C15H22N2O3. The zero-order chi connectivity index (χ0) is 15.0. The van der Waals surface area contributed by atoms with Gasteiger partial charge in [0.2, 0.25) is 5.91 Å². The summed E-state index contributed by atoms with van der Waals surface area (Å²) < 4.78 is 4.64. The Labute approximate surface area is 119 Å². The first-order valence-electron chi connectivity index (χ1n) is 6.70. The van der Waals surface area contributed by atoms with Gasteiger partial charge in [-0.05, 0) is 17.7 Å². The summed E-state index contributed by atoms with van der Waals surface area (Å²) in [7, 11) is 1.36. The third kappa shape index (κ3) is 5.40. The van der Waals surface area contributed by atoms with Gasteiger partial charge in [0.15, 0.2) is 0 Å². The molecule has 0 aliphatic heterocycles. The van der Waals surface area contributed by atoms with Crippen LogP contribution in [0.4, 0.5) is 0 Å². The van der Waals surface area contributed by atoms with Gasteiger partial charge < -0.3 is 15.4 Å². The maximum absolute atomic E-state index is 11.3. The minimum atomic E-state index is -0.332. The molecule has 20 heavy (non-hydrogen) atoms. The lowest BCUT2D eigenvalue weighted by Crippen LogP contribution is -2.34. The van der Waals surface area contributed by atoms with Crippen molar-refractivity contribution in [3.05, 3.63) is 35.4 Å². The van der Waals surface area contributed by atoms with E-state index in [1.807, 2.05) is 26.0 Å². The van der Waals surface area contributed by atoms with E-state index in [0.717, 1.165) is 5.56 Å². The van der Waals surface area contributed by atoms with Crippen LogP contribution in [-0.4, -0.2) is 32.1 Å². The van der Waals surface area contributed by atoms with Crippen molar-refractivity contribution in [2.75, 3.05) is 20.2 Å². The molecule has 0 aromatic heterocycles. The van der Waals surface area contributed by atoms with Crippen LogP contribution in [0.3, 0.4) is 0 Å². The first-order chi connectivity index (χ1) is 9.54. The predicted octanol–water partition coefficient (Wildman–Crippen LogP) is 1.33. The zero-order valence-electron chi connectivity index (χ0n) is 12.2. The summed E-state index contributed by atoms with van der Waals surface area (Å²) in [5.74, 6) is -0.254. The van der Waals surface area contributed by atoms with Crippen molar-refractivity contribution < 1.29 is 14.3 Å². The van der Waals surface area contributed by atoms with E-state index in [2.05, 4.69) is 15.4 Å². The molecule has 0 unspecified atom stereocenters. The van der Waals surface area contributed by atoms with E-state index in [-0.39, 0.29) is 17.8 Å². The van der Waals surface area contributed by atoms with E-state index in [1.165, 1.54) is 7.11 Å². The number of amides is 1. The fourth-order valence-corrected chi connectivity index (χ4v) is 1.59. The van der Waals surface area contributed by atoms with Gasteiger partial charge in [-0.3, -0.25) is 4.79 Å². The highest BCUT2D eigenvalue weighted by atomic mass is 16.5. The predicted molar refractivity (Wildman–Crippen MR) is 77.3 cm³/mol. The van der Waals surface area contributed by atoms with E-state index in [0.29, 0.717) is 25.2 Å². The van der Waals surface area contributed by atoms with Crippen molar-refractivity contribution in [1.82, 2.24) is 10.6 Å². The summed E-state index contributed by atoms with van der Waals surface area (Å²) in [5, 5.41) is 6.07. The van der Waals surface area contributed by atoms with Crippen LogP contribution in [0.5, 0.6) is 0 Å². The summed E-state index contributed by atoms with van der Waals surface area (Å²) in [6.45, 7) is 5.74. The molecule has 1 rings (SSSR count). The lowest BCUT2D eigenvalue weighted by molar-refractivity contribution is -0.123. The molecule has 0 atom stereocenters. The van der Waals surface area contributed by atoms with Crippen molar-refractivity contribution in [1.29, 1.82) is 0 Å². The van der Waals surface area contributed by atoms with Crippen molar-refractivity contribution in [3.63, 3.8) is 0 Å². The van der Waals surface area contributed by atoms with Crippen LogP contribution in [0.2, 0.25) is 0 Å². The fraction of sp³-hybridized carbons (Fsp3) is 0.467. The number of esters is 1. The Bertz CT molecular complexity index is 441. The van der Waals surface area contributed by atoms with Crippen LogP contribution >= 0.6 is 0 Å². The van der Waals surface area contributed by atoms with E-state index >= 15 is 0 Å². The minimum Gasteiger partial charge on any atom is -0.465 e. The number of hydrogen-bond donors (Lipinski definition) is 2. The van der Waals surface area contributed by atoms with Crippen molar-refractivity contribution in [2.24, 2.45) is 5.92 Å². The Balaban J connectivity index is 2.26. The number of carbonyl (C=O) groups excluding carboxylic acids is 2. The van der Waals surface area contributed by atoms with Crippen LogP contribution in [-0.2, 0) is 16.1 Å². The molecule has 0 radical (unpaired) electrons. The van der Waals surface area contributed by atoms with Gasteiger partial charge in [-0.1, -0.05) is 26.0 Å². The summed E-state index contributed by atoms with van der Waals surface area (Å²) in [4.78, 5) is 22.6. The average Bonchev–Trinajstić information content (AvgIpc) is 2.46. The summed E-state index contributed by atoms with van der Waals surface area (Å²) in [6, 6.07) is 7.24. The molecule has 0 bridgehead atoms. The Kier molecular flexibility index (Phi) is 6.73. The molecule has 0 fully saturated rings. The molecule has 0 aliphatic carbocycles. The highest BCUT2D eigenvalue weighted by molar-refractivity contribution is 5.89. The van der Waals surface area contributed by atoms with Crippen molar-refractivity contribution in [3.8, 4) is 0 Å². The van der Waals surface area contributed by atoms with E-state index in [9.17, 15) is 9.59 Å². The highest BCUT2D eigenvalue weighted by Gasteiger charge is 2.05. The third-order valence-electron chi connectivity index (χ3n) is 2.83. The van der Waals surface area contributed by atoms with Crippen LogP contribution < -0.4 is 10.6 Å². The normalized spacial score (nSPS) is 10.4. The first kappa shape index (κ1) is 16.2. The zero-order valence-corrected chi connectivity index (χ0v) is 12.2. The second kappa shape index (κ2) is 8.32. The molecule has 5 heteroatoms. The Morgan fingerprint density at radius 2 is 1.80 bits per heavy atom. The first-order valence-corrected chi connectivity index (χ1v) is 6.70. The maximum atomic E-state index is 11.3. The number of hydrogen-bond acceptors (Lipinski definition) is 4. The van der Waals surface area contributed by atoms with E-state index in [4.69, 9.17) is 0 Å². The molecule has 5 nitrogen and oxygen atoms in total. The molecular weight excluding hydrogens is 256 g/mol. The number of nitrogens with one attached hydrogen (secondary N) is 2. The smallest absolute Gasteiger partial charge is 0.337 e. The monoisotopic (exact) mass is 278 g/mol.